The van der Waals surface area contributed by atoms with Crippen LogP contribution in [0.15, 0.2) is 0 Å². The van der Waals surface area contributed by atoms with Gasteiger partial charge in [-0.25, -0.2) is 0 Å². The Bertz CT molecular complexity index is 332. The minimum atomic E-state index is 0.766. The Kier molecular flexibility index (Phi) is 4.31. The van der Waals surface area contributed by atoms with Crippen LogP contribution >= 0.6 is 0 Å². The van der Waals surface area contributed by atoms with E-state index in [9.17, 15) is 0 Å². The van der Waals surface area contributed by atoms with Crippen LogP contribution in [0.25, 0.3) is 0 Å². The predicted octanol–water partition coefficient (Wildman–Crippen LogP) is 5.15. The van der Waals surface area contributed by atoms with Gasteiger partial charge in [-0.2, -0.15) is 0 Å². The molecule has 3 saturated carbocycles. The molecular formula is C20H35N. The standard InChI is InChI=1S/C20H35N/c1-2-6-18-16(4-1)5-3-7-19(18)17-8-10-20(11-9-17)12-14-21-15-13-20/h16-19,21H,1-15H2. The van der Waals surface area contributed by atoms with Crippen LogP contribution in [0.1, 0.15) is 83.5 Å². The van der Waals surface area contributed by atoms with Crippen LogP contribution < -0.4 is 5.32 Å². The summed E-state index contributed by atoms with van der Waals surface area (Å²) in [5.41, 5.74) is 0.766. The third kappa shape index (κ3) is 2.92. The highest BCUT2D eigenvalue weighted by Gasteiger charge is 2.43. The molecule has 120 valence electrons. The van der Waals surface area contributed by atoms with Gasteiger partial charge in [0.1, 0.15) is 0 Å². The first-order valence-corrected chi connectivity index (χ1v) is 10.1. The molecule has 1 aliphatic heterocycles. The number of hydrogen-bond donors (Lipinski definition) is 1. The highest BCUT2D eigenvalue weighted by Crippen LogP contribution is 2.53. The third-order valence-corrected chi connectivity index (χ3v) is 7.99. The summed E-state index contributed by atoms with van der Waals surface area (Å²) in [4.78, 5) is 0. The molecule has 3 aliphatic carbocycles. The quantitative estimate of drug-likeness (QED) is 0.703. The fraction of sp³-hybridized carbons (Fsp3) is 1.00. The summed E-state index contributed by atoms with van der Waals surface area (Å²) in [6.07, 6.45) is 20.2. The van der Waals surface area contributed by atoms with E-state index in [1.165, 1.54) is 32.4 Å². The van der Waals surface area contributed by atoms with Crippen LogP contribution in [0.5, 0.6) is 0 Å². The van der Waals surface area contributed by atoms with E-state index in [1.54, 1.807) is 64.2 Å². The SMILES string of the molecule is C1CCC2C(C1)CCCC2C1CCC2(CCNCC2)CC1. The molecule has 1 nitrogen and oxygen atoms in total. The maximum atomic E-state index is 3.57. The number of fused-ring (bicyclic) bond motifs is 1. The third-order valence-electron chi connectivity index (χ3n) is 7.99. The summed E-state index contributed by atoms with van der Waals surface area (Å²) in [7, 11) is 0. The van der Waals surface area contributed by atoms with Crippen molar-refractivity contribution in [3.63, 3.8) is 0 Å². The number of rotatable bonds is 1. The topological polar surface area (TPSA) is 12.0 Å². The van der Waals surface area contributed by atoms with E-state index in [2.05, 4.69) is 5.32 Å². The van der Waals surface area contributed by atoms with E-state index in [1.807, 2.05) is 0 Å². The largest absolute Gasteiger partial charge is 0.317 e. The molecule has 1 saturated heterocycles. The van der Waals surface area contributed by atoms with E-state index < -0.39 is 0 Å². The van der Waals surface area contributed by atoms with Gasteiger partial charge in [-0.3, -0.25) is 0 Å². The molecule has 0 aromatic rings. The van der Waals surface area contributed by atoms with Crippen molar-refractivity contribution in [3.05, 3.63) is 0 Å². The zero-order valence-electron chi connectivity index (χ0n) is 13.9. The zero-order valence-corrected chi connectivity index (χ0v) is 13.9. The predicted molar refractivity (Wildman–Crippen MR) is 89.3 cm³/mol. The Morgan fingerprint density at radius 2 is 1.14 bits per heavy atom. The molecule has 4 fully saturated rings. The Morgan fingerprint density at radius 1 is 0.571 bits per heavy atom. The smallest absolute Gasteiger partial charge is 0.00436 e. The normalized spacial score (nSPS) is 40.9. The zero-order chi connectivity index (χ0) is 14.1. The lowest BCUT2D eigenvalue weighted by Gasteiger charge is -2.49. The van der Waals surface area contributed by atoms with E-state index in [0.29, 0.717) is 0 Å². The minimum absolute atomic E-state index is 0.766. The maximum absolute atomic E-state index is 3.57. The molecule has 0 amide bonds. The number of nitrogens with one attached hydrogen (secondary N) is 1. The van der Waals surface area contributed by atoms with Crippen LogP contribution in [0.3, 0.4) is 0 Å². The summed E-state index contributed by atoms with van der Waals surface area (Å²) in [5, 5.41) is 3.57. The van der Waals surface area contributed by atoms with E-state index in [-0.39, 0.29) is 0 Å². The van der Waals surface area contributed by atoms with Crippen LogP contribution in [0.2, 0.25) is 0 Å². The molecule has 1 heterocycles. The average molecular weight is 290 g/mol. The first-order chi connectivity index (χ1) is 10.4. The molecule has 3 unspecified atom stereocenters. The molecule has 4 aliphatic rings. The fourth-order valence-corrected chi connectivity index (χ4v) is 6.71. The molecule has 0 aromatic carbocycles. The molecule has 0 aromatic heterocycles. The van der Waals surface area contributed by atoms with Crippen molar-refractivity contribution < 1.29 is 0 Å². The number of piperidine rings is 1. The summed E-state index contributed by atoms with van der Waals surface area (Å²) < 4.78 is 0. The molecule has 0 radical (unpaired) electrons. The van der Waals surface area contributed by atoms with Crippen molar-refractivity contribution in [3.8, 4) is 0 Å². The van der Waals surface area contributed by atoms with Crippen LogP contribution in [0, 0.1) is 29.1 Å². The van der Waals surface area contributed by atoms with Gasteiger partial charge in [0.25, 0.3) is 0 Å². The lowest BCUT2D eigenvalue weighted by atomic mass is 9.57. The van der Waals surface area contributed by atoms with Crippen molar-refractivity contribution in [2.75, 3.05) is 13.1 Å². The summed E-state index contributed by atoms with van der Waals surface area (Å²) in [6.45, 7) is 2.58. The van der Waals surface area contributed by atoms with E-state index in [4.69, 9.17) is 0 Å². The van der Waals surface area contributed by atoms with Crippen molar-refractivity contribution in [1.29, 1.82) is 0 Å². The first kappa shape index (κ1) is 14.5. The summed E-state index contributed by atoms with van der Waals surface area (Å²) >= 11 is 0. The molecule has 4 rings (SSSR count). The first-order valence-electron chi connectivity index (χ1n) is 10.1. The van der Waals surface area contributed by atoms with Crippen LogP contribution in [0.4, 0.5) is 0 Å². The van der Waals surface area contributed by atoms with E-state index >= 15 is 0 Å². The van der Waals surface area contributed by atoms with Gasteiger partial charge >= 0.3 is 0 Å². The summed E-state index contributed by atoms with van der Waals surface area (Å²) in [6, 6.07) is 0. The lowest BCUT2D eigenvalue weighted by Crippen LogP contribution is -2.42. The van der Waals surface area contributed by atoms with E-state index in [0.717, 1.165) is 29.1 Å². The van der Waals surface area contributed by atoms with Gasteiger partial charge in [-0.05, 0) is 93.5 Å². The van der Waals surface area contributed by atoms with Gasteiger partial charge in [0.15, 0.2) is 0 Å². The van der Waals surface area contributed by atoms with Crippen molar-refractivity contribution in [2.45, 2.75) is 83.5 Å². The van der Waals surface area contributed by atoms with Gasteiger partial charge < -0.3 is 5.32 Å². The van der Waals surface area contributed by atoms with Gasteiger partial charge in [0.2, 0.25) is 0 Å². The van der Waals surface area contributed by atoms with Gasteiger partial charge in [-0.1, -0.05) is 32.1 Å². The van der Waals surface area contributed by atoms with Crippen molar-refractivity contribution in [1.82, 2.24) is 5.32 Å². The Balaban J connectivity index is 1.38. The molecule has 21 heavy (non-hydrogen) atoms. The highest BCUT2D eigenvalue weighted by atomic mass is 14.9. The second-order valence-electron chi connectivity index (χ2n) is 8.89. The second-order valence-corrected chi connectivity index (χ2v) is 8.89. The molecule has 1 spiro atoms. The van der Waals surface area contributed by atoms with Crippen molar-refractivity contribution in [2.24, 2.45) is 29.1 Å². The Hall–Kier alpha value is -0.0400. The van der Waals surface area contributed by atoms with Gasteiger partial charge in [0, 0.05) is 0 Å². The highest BCUT2D eigenvalue weighted by molar-refractivity contribution is 4.94. The molecule has 3 atom stereocenters. The van der Waals surface area contributed by atoms with Gasteiger partial charge in [0.05, 0.1) is 0 Å². The molecule has 0 bridgehead atoms. The monoisotopic (exact) mass is 289 g/mol. The summed E-state index contributed by atoms with van der Waals surface area (Å²) in [5.74, 6) is 4.51. The van der Waals surface area contributed by atoms with Crippen molar-refractivity contribution >= 4 is 0 Å². The van der Waals surface area contributed by atoms with Gasteiger partial charge in [-0.15, -0.1) is 0 Å². The maximum Gasteiger partial charge on any atom is -0.00436 e. The fourth-order valence-electron chi connectivity index (χ4n) is 6.71. The average Bonchev–Trinajstić information content (AvgIpc) is 2.56. The van der Waals surface area contributed by atoms with Crippen LogP contribution in [-0.2, 0) is 0 Å². The molecule has 1 heteroatoms. The second kappa shape index (κ2) is 6.22. The van der Waals surface area contributed by atoms with Crippen LogP contribution in [-0.4, -0.2) is 13.1 Å². The number of hydrogen-bond acceptors (Lipinski definition) is 1. The Morgan fingerprint density at radius 3 is 1.90 bits per heavy atom. The lowest BCUT2D eigenvalue weighted by molar-refractivity contribution is 0.0176. The minimum Gasteiger partial charge on any atom is -0.317 e. The molecule has 1 N–H and O–H groups in total. The molecular weight excluding hydrogens is 254 g/mol. The Labute approximate surface area is 131 Å².